The molecule has 0 fully saturated rings. The van der Waals surface area contributed by atoms with Gasteiger partial charge < -0.3 is 9.73 Å². The molecule has 4 aromatic rings. The van der Waals surface area contributed by atoms with Crippen LogP contribution in [0.15, 0.2) is 65.7 Å². The Balaban J connectivity index is 1.83. The van der Waals surface area contributed by atoms with Crippen molar-refractivity contribution in [1.82, 2.24) is 19.7 Å². The standard InChI is InChI=1S/C20H18N4O2/c1-21-20(25)18-19-16(14-6-3-2-4-7-14)12-22-17(24(19)13-23-18)10-9-15-8-5-11-26-15/h2-8,11-13H,9-10H2,1H3,(H,21,25). The van der Waals surface area contributed by atoms with E-state index >= 15 is 0 Å². The Morgan fingerprint density at radius 3 is 2.69 bits per heavy atom. The summed E-state index contributed by atoms with van der Waals surface area (Å²) >= 11 is 0. The van der Waals surface area contributed by atoms with E-state index in [-0.39, 0.29) is 5.91 Å². The van der Waals surface area contributed by atoms with Crippen molar-refractivity contribution in [3.05, 3.63) is 78.5 Å². The predicted molar refractivity (Wildman–Crippen MR) is 97.9 cm³/mol. The second-order valence-corrected chi connectivity index (χ2v) is 5.92. The van der Waals surface area contributed by atoms with Crippen molar-refractivity contribution in [1.29, 1.82) is 0 Å². The highest BCUT2D eigenvalue weighted by molar-refractivity contribution is 6.02. The largest absolute Gasteiger partial charge is 0.469 e. The number of benzene rings is 1. The van der Waals surface area contributed by atoms with Crippen LogP contribution in [0.3, 0.4) is 0 Å². The molecule has 0 saturated heterocycles. The summed E-state index contributed by atoms with van der Waals surface area (Å²) in [5.41, 5.74) is 3.03. The number of aromatic nitrogens is 3. The molecule has 1 amide bonds. The van der Waals surface area contributed by atoms with Crippen LogP contribution in [0.25, 0.3) is 16.6 Å². The van der Waals surface area contributed by atoms with E-state index in [1.54, 1.807) is 19.6 Å². The van der Waals surface area contributed by atoms with Gasteiger partial charge >= 0.3 is 0 Å². The number of rotatable bonds is 5. The van der Waals surface area contributed by atoms with Gasteiger partial charge in [0.2, 0.25) is 0 Å². The number of nitrogens with one attached hydrogen (secondary N) is 1. The fraction of sp³-hybridized carbons (Fsp3) is 0.150. The highest BCUT2D eigenvalue weighted by Gasteiger charge is 2.19. The van der Waals surface area contributed by atoms with Crippen LogP contribution in [-0.4, -0.2) is 27.3 Å². The lowest BCUT2D eigenvalue weighted by molar-refractivity contribution is 0.0960. The number of carbonyl (C=O) groups excluding carboxylic acids is 1. The molecule has 0 bridgehead atoms. The van der Waals surface area contributed by atoms with E-state index in [4.69, 9.17) is 4.42 Å². The molecule has 3 heterocycles. The van der Waals surface area contributed by atoms with Crippen molar-refractivity contribution in [2.45, 2.75) is 12.8 Å². The molecule has 0 atom stereocenters. The monoisotopic (exact) mass is 346 g/mol. The molecule has 0 aliphatic rings. The van der Waals surface area contributed by atoms with Gasteiger partial charge in [0.15, 0.2) is 5.69 Å². The van der Waals surface area contributed by atoms with Gasteiger partial charge in [-0.15, -0.1) is 0 Å². The summed E-state index contributed by atoms with van der Waals surface area (Å²) < 4.78 is 7.30. The van der Waals surface area contributed by atoms with E-state index in [1.165, 1.54) is 0 Å². The lowest BCUT2D eigenvalue weighted by atomic mass is 10.1. The number of hydrogen-bond donors (Lipinski definition) is 1. The molecule has 1 aromatic carbocycles. The number of nitrogens with zero attached hydrogens (tertiary/aromatic N) is 3. The maximum Gasteiger partial charge on any atom is 0.271 e. The van der Waals surface area contributed by atoms with Gasteiger partial charge in [-0.3, -0.25) is 9.20 Å². The SMILES string of the molecule is CNC(=O)c1ncn2c(CCc3ccco3)ncc(-c3ccccc3)c12. The summed E-state index contributed by atoms with van der Waals surface area (Å²) in [5, 5.41) is 2.66. The lowest BCUT2D eigenvalue weighted by Crippen LogP contribution is -2.19. The number of aryl methyl sites for hydroxylation is 2. The molecular weight excluding hydrogens is 328 g/mol. The van der Waals surface area contributed by atoms with Crippen LogP contribution in [0.1, 0.15) is 22.1 Å². The number of hydrogen-bond acceptors (Lipinski definition) is 4. The van der Waals surface area contributed by atoms with Crippen LogP contribution < -0.4 is 5.32 Å². The van der Waals surface area contributed by atoms with Crippen molar-refractivity contribution in [3.8, 4) is 11.1 Å². The summed E-state index contributed by atoms with van der Waals surface area (Å²) in [6, 6.07) is 13.7. The van der Waals surface area contributed by atoms with Gasteiger partial charge in [-0.05, 0) is 17.7 Å². The Kier molecular flexibility index (Phi) is 4.23. The minimum atomic E-state index is -0.215. The fourth-order valence-corrected chi connectivity index (χ4v) is 3.05. The Morgan fingerprint density at radius 1 is 1.12 bits per heavy atom. The molecule has 0 saturated carbocycles. The highest BCUT2D eigenvalue weighted by Crippen LogP contribution is 2.27. The molecule has 0 spiro atoms. The predicted octanol–water partition coefficient (Wildman–Crippen LogP) is 3.13. The van der Waals surface area contributed by atoms with Crippen LogP contribution in [0.2, 0.25) is 0 Å². The average molecular weight is 346 g/mol. The van der Waals surface area contributed by atoms with E-state index in [9.17, 15) is 4.79 Å². The van der Waals surface area contributed by atoms with Gasteiger partial charge in [-0.2, -0.15) is 0 Å². The molecule has 0 aliphatic carbocycles. The fourth-order valence-electron chi connectivity index (χ4n) is 3.05. The maximum absolute atomic E-state index is 12.3. The number of furan rings is 1. The third-order valence-electron chi connectivity index (χ3n) is 4.35. The van der Waals surface area contributed by atoms with E-state index < -0.39 is 0 Å². The molecule has 0 radical (unpaired) electrons. The quantitative estimate of drug-likeness (QED) is 0.602. The molecule has 130 valence electrons. The zero-order valence-electron chi connectivity index (χ0n) is 14.3. The van der Waals surface area contributed by atoms with Gasteiger partial charge in [0.05, 0.1) is 11.8 Å². The minimum absolute atomic E-state index is 0.215. The molecule has 0 aliphatic heterocycles. The summed E-state index contributed by atoms with van der Waals surface area (Å²) in [6.07, 6.45) is 6.56. The Bertz CT molecular complexity index is 1040. The lowest BCUT2D eigenvalue weighted by Gasteiger charge is -2.10. The van der Waals surface area contributed by atoms with E-state index in [1.807, 2.05) is 53.1 Å². The van der Waals surface area contributed by atoms with Gasteiger partial charge in [-0.1, -0.05) is 30.3 Å². The molecule has 0 unspecified atom stereocenters. The Hall–Kier alpha value is -3.41. The van der Waals surface area contributed by atoms with E-state index in [0.717, 1.165) is 34.6 Å². The van der Waals surface area contributed by atoms with Gasteiger partial charge in [-0.25, -0.2) is 9.97 Å². The molecule has 6 nitrogen and oxygen atoms in total. The molecular formula is C20H18N4O2. The number of carbonyl (C=O) groups is 1. The van der Waals surface area contributed by atoms with Crippen LogP contribution in [0, 0.1) is 0 Å². The van der Waals surface area contributed by atoms with Crippen molar-refractivity contribution in [3.63, 3.8) is 0 Å². The summed E-state index contributed by atoms with van der Waals surface area (Å²) in [4.78, 5) is 21.3. The molecule has 26 heavy (non-hydrogen) atoms. The van der Waals surface area contributed by atoms with Crippen molar-refractivity contribution in [2.24, 2.45) is 0 Å². The second kappa shape index (κ2) is 6.84. The Morgan fingerprint density at radius 2 is 1.96 bits per heavy atom. The Labute approximate surface area is 150 Å². The second-order valence-electron chi connectivity index (χ2n) is 5.92. The van der Waals surface area contributed by atoms with Gasteiger partial charge in [0.1, 0.15) is 17.9 Å². The number of imidazole rings is 1. The normalized spacial score (nSPS) is 11.0. The van der Waals surface area contributed by atoms with E-state index in [0.29, 0.717) is 12.1 Å². The summed E-state index contributed by atoms with van der Waals surface area (Å²) in [6.45, 7) is 0. The highest BCUT2D eigenvalue weighted by atomic mass is 16.3. The van der Waals surface area contributed by atoms with Crippen molar-refractivity contribution < 1.29 is 9.21 Å². The molecule has 3 aromatic heterocycles. The first-order chi connectivity index (χ1) is 12.8. The molecule has 4 rings (SSSR count). The third kappa shape index (κ3) is 2.86. The summed E-state index contributed by atoms with van der Waals surface area (Å²) in [7, 11) is 1.61. The van der Waals surface area contributed by atoms with Crippen LogP contribution >= 0.6 is 0 Å². The molecule has 1 N–H and O–H groups in total. The van der Waals surface area contributed by atoms with Gasteiger partial charge in [0, 0.05) is 31.6 Å². The number of amides is 1. The van der Waals surface area contributed by atoms with Crippen LogP contribution in [0.5, 0.6) is 0 Å². The zero-order valence-corrected chi connectivity index (χ0v) is 14.3. The first-order valence-electron chi connectivity index (χ1n) is 8.42. The molecule has 6 heteroatoms. The van der Waals surface area contributed by atoms with Crippen molar-refractivity contribution in [2.75, 3.05) is 7.05 Å². The van der Waals surface area contributed by atoms with E-state index in [2.05, 4.69) is 15.3 Å². The van der Waals surface area contributed by atoms with Crippen LogP contribution in [-0.2, 0) is 12.8 Å². The first-order valence-corrected chi connectivity index (χ1v) is 8.42. The first kappa shape index (κ1) is 16.1. The number of fused-ring (bicyclic) bond motifs is 1. The average Bonchev–Trinajstić information content (AvgIpc) is 3.36. The summed E-state index contributed by atoms with van der Waals surface area (Å²) in [5.74, 6) is 1.52. The maximum atomic E-state index is 12.3. The van der Waals surface area contributed by atoms with Crippen LogP contribution in [0.4, 0.5) is 0 Å². The smallest absolute Gasteiger partial charge is 0.271 e. The van der Waals surface area contributed by atoms with Gasteiger partial charge in [0.25, 0.3) is 5.91 Å². The zero-order chi connectivity index (χ0) is 17.9. The third-order valence-corrected chi connectivity index (χ3v) is 4.35. The van der Waals surface area contributed by atoms with Crippen molar-refractivity contribution >= 4 is 11.4 Å². The minimum Gasteiger partial charge on any atom is -0.469 e. The topological polar surface area (TPSA) is 72.4 Å².